The van der Waals surface area contributed by atoms with Gasteiger partial charge in [-0.2, -0.15) is 5.10 Å². The van der Waals surface area contributed by atoms with E-state index in [1.165, 1.54) is 24.3 Å². The molecule has 9 heteroatoms. The number of carbonyl (C=O) groups excluding carboxylic acids is 1. The first-order chi connectivity index (χ1) is 16.3. The Kier molecular flexibility index (Phi) is 6.74. The number of benzene rings is 3. The van der Waals surface area contributed by atoms with Gasteiger partial charge in [0, 0.05) is 30.2 Å². The van der Waals surface area contributed by atoms with E-state index in [0.717, 1.165) is 23.3 Å². The summed E-state index contributed by atoms with van der Waals surface area (Å²) in [5.41, 5.74) is 3.07. The molecule has 1 heterocycles. The summed E-state index contributed by atoms with van der Waals surface area (Å²) in [7, 11) is -3.96. The molecule has 7 nitrogen and oxygen atoms in total. The lowest BCUT2D eigenvalue weighted by molar-refractivity contribution is 0.0950. The lowest BCUT2D eigenvalue weighted by Crippen LogP contribution is -2.25. The van der Waals surface area contributed by atoms with Gasteiger partial charge in [0.15, 0.2) is 0 Å². The highest BCUT2D eigenvalue weighted by Gasteiger charge is 2.18. The second kappa shape index (κ2) is 9.88. The van der Waals surface area contributed by atoms with E-state index in [1.807, 2.05) is 36.5 Å². The average Bonchev–Trinajstić information content (AvgIpc) is 3.33. The maximum Gasteiger partial charge on any atom is 0.261 e. The molecule has 0 saturated carbocycles. The fourth-order valence-electron chi connectivity index (χ4n) is 3.47. The first-order valence-corrected chi connectivity index (χ1v) is 12.0. The van der Waals surface area contributed by atoms with Gasteiger partial charge in [0.1, 0.15) is 5.82 Å². The van der Waals surface area contributed by atoms with E-state index >= 15 is 0 Å². The molecule has 0 bridgehead atoms. The Morgan fingerprint density at radius 2 is 1.74 bits per heavy atom. The largest absolute Gasteiger partial charge is 0.348 e. The molecule has 3 aromatic carbocycles. The zero-order chi connectivity index (χ0) is 24.1. The number of aryl methyl sites for hydroxylation is 1. The van der Waals surface area contributed by atoms with Crippen molar-refractivity contribution in [2.75, 3.05) is 4.72 Å². The summed E-state index contributed by atoms with van der Waals surface area (Å²) in [4.78, 5) is 12.9. The third kappa shape index (κ3) is 5.49. The lowest BCUT2D eigenvalue weighted by Gasteiger charge is -2.13. The Bertz CT molecular complexity index is 1400. The van der Waals surface area contributed by atoms with Crippen LogP contribution in [0.4, 0.5) is 10.1 Å². The van der Waals surface area contributed by atoms with E-state index in [2.05, 4.69) is 15.1 Å². The monoisotopic (exact) mass is 478 g/mol. The van der Waals surface area contributed by atoms with Crippen LogP contribution >= 0.6 is 0 Å². The van der Waals surface area contributed by atoms with Gasteiger partial charge in [0.2, 0.25) is 0 Å². The highest BCUT2D eigenvalue weighted by Crippen LogP contribution is 2.20. The Morgan fingerprint density at radius 1 is 1.00 bits per heavy atom. The lowest BCUT2D eigenvalue weighted by atomic mass is 10.1. The van der Waals surface area contributed by atoms with Gasteiger partial charge in [-0.3, -0.25) is 14.2 Å². The number of halogens is 1. The van der Waals surface area contributed by atoms with Gasteiger partial charge in [-0.25, -0.2) is 12.8 Å². The van der Waals surface area contributed by atoms with Crippen molar-refractivity contribution in [3.8, 4) is 0 Å². The van der Waals surface area contributed by atoms with Crippen LogP contribution in [0, 0.1) is 12.7 Å². The molecule has 4 rings (SSSR count). The van der Waals surface area contributed by atoms with Crippen molar-refractivity contribution in [2.24, 2.45) is 0 Å². The SMILES string of the molecule is Cc1ccc(S(=O)(=O)Nc2ccc(F)cc2)cc1C(=O)NCc1ccccc1Cn1cccn1. The molecule has 0 fully saturated rings. The summed E-state index contributed by atoms with van der Waals surface area (Å²) in [6, 6.07) is 18.9. The standard InChI is InChI=1S/C25H23FN4O3S/c1-18-7-12-23(34(32,33)29-22-10-8-21(26)9-11-22)15-24(18)25(31)27-16-19-5-2-3-6-20(19)17-30-14-4-13-28-30/h2-15,29H,16-17H2,1H3,(H,27,31). The molecule has 0 radical (unpaired) electrons. The molecular weight excluding hydrogens is 455 g/mol. The predicted octanol–water partition coefficient (Wildman–Crippen LogP) is 4.11. The quantitative estimate of drug-likeness (QED) is 0.399. The zero-order valence-electron chi connectivity index (χ0n) is 18.4. The number of hydrogen-bond acceptors (Lipinski definition) is 4. The molecule has 2 N–H and O–H groups in total. The number of nitrogens with one attached hydrogen (secondary N) is 2. The number of aromatic nitrogens is 2. The van der Waals surface area contributed by atoms with Crippen LogP contribution in [0.2, 0.25) is 0 Å². The Morgan fingerprint density at radius 3 is 2.44 bits per heavy atom. The summed E-state index contributed by atoms with van der Waals surface area (Å²) in [6.07, 6.45) is 3.57. The number of rotatable bonds is 8. The summed E-state index contributed by atoms with van der Waals surface area (Å²) < 4.78 is 42.9. The van der Waals surface area contributed by atoms with Crippen molar-refractivity contribution in [1.82, 2.24) is 15.1 Å². The minimum absolute atomic E-state index is 0.0633. The maximum absolute atomic E-state index is 13.1. The first-order valence-electron chi connectivity index (χ1n) is 10.5. The second-order valence-electron chi connectivity index (χ2n) is 7.74. The number of anilines is 1. The van der Waals surface area contributed by atoms with E-state index in [-0.39, 0.29) is 28.6 Å². The molecule has 0 aliphatic carbocycles. The highest BCUT2D eigenvalue weighted by atomic mass is 32.2. The molecule has 0 spiro atoms. The summed E-state index contributed by atoms with van der Waals surface area (Å²) in [6.45, 7) is 2.59. The zero-order valence-corrected chi connectivity index (χ0v) is 19.2. The molecule has 34 heavy (non-hydrogen) atoms. The summed E-state index contributed by atoms with van der Waals surface area (Å²) >= 11 is 0. The maximum atomic E-state index is 13.1. The first kappa shape index (κ1) is 23.2. The van der Waals surface area contributed by atoms with E-state index in [0.29, 0.717) is 12.1 Å². The molecular formula is C25H23FN4O3S. The van der Waals surface area contributed by atoms with Crippen molar-refractivity contribution in [3.63, 3.8) is 0 Å². The average molecular weight is 479 g/mol. The Labute approximate surface area is 197 Å². The molecule has 4 aromatic rings. The van der Waals surface area contributed by atoms with Gasteiger partial charge in [-0.15, -0.1) is 0 Å². The number of carbonyl (C=O) groups is 1. The highest BCUT2D eigenvalue weighted by molar-refractivity contribution is 7.92. The number of nitrogens with zero attached hydrogens (tertiary/aromatic N) is 2. The van der Waals surface area contributed by atoms with Crippen molar-refractivity contribution >= 4 is 21.6 Å². The van der Waals surface area contributed by atoms with E-state index in [1.54, 1.807) is 23.9 Å². The van der Waals surface area contributed by atoms with Crippen LogP contribution in [0.5, 0.6) is 0 Å². The Balaban J connectivity index is 1.50. The fourth-order valence-corrected chi connectivity index (χ4v) is 4.55. The van der Waals surface area contributed by atoms with Gasteiger partial charge < -0.3 is 5.32 Å². The number of hydrogen-bond donors (Lipinski definition) is 2. The van der Waals surface area contributed by atoms with Crippen LogP contribution in [-0.4, -0.2) is 24.1 Å². The van der Waals surface area contributed by atoms with Crippen molar-refractivity contribution in [2.45, 2.75) is 24.9 Å². The Hall–Kier alpha value is -3.98. The van der Waals surface area contributed by atoms with Crippen molar-refractivity contribution < 1.29 is 17.6 Å². The summed E-state index contributed by atoms with van der Waals surface area (Å²) in [5, 5.41) is 7.11. The molecule has 0 aliphatic rings. The molecule has 1 aromatic heterocycles. The fraction of sp³-hybridized carbons (Fsp3) is 0.120. The smallest absolute Gasteiger partial charge is 0.261 e. The van der Waals surface area contributed by atoms with Crippen LogP contribution in [0.15, 0.2) is 90.1 Å². The van der Waals surface area contributed by atoms with Crippen molar-refractivity contribution in [3.05, 3.63) is 113 Å². The second-order valence-corrected chi connectivity index (χ2v) is 9.43. The summed E-state index contributed by atoms with van der Waals surface area (Å²) in [5.74, 6) is -0.853. The van der Waals surface area contributed by atoms with Gasteiger partial charge in [-0.1, -0.05) is 30.3 Å². The molecule has 174 valence electrons. The van der Waals surface area contributed by atoms with Crippen LogP contribution < -0.4 is 10.0 Å². The third-order valence-electron chi connectivity index (χ3n) is 5.31. The minimum atomic E-state index is -3.96. The van der Waals surface area contributed by atoms with Crippen LogP contribution in [0.3, 0.4) is 0 Å². The topological polar surface area (TPSA) is 93.1 Å². The van der Waals surface area contributed by atoms with Crippen LogP contribution in [0.25, 0.3) is 0 Å². The third-order valence-corrected chi connectivity index (χ3v) is 6.69. The molecule has 0 unspecified atom stereocenters. The van der Waals surface area contributed by atoms with Crippen LogP contribution in [0.1, 0.15) is 27.0 Å². The van der Waals surface area contributed by atoms with Gasteiger partial charge in [0.05, 0.1) is 11.4 Å². The van der Waals surface area contributed by atoms with Gasteiger partial charge in [0.25, 0.3) is 15.9 Å². The van der Waals surface area contributed by atoms with E-state index < -0.39 is 15.8 Å². The molecule has 0 aliphatic heterocycles. The number of amides is 1. The molecule has 1 amide bonds. The minimum Gasteiger partial charge on any atom is -0.348 e. The predicted molar refractivity (Wildman–Crippen MR) is 127 cm³/mol. The molecule has 0 saturated heterocycles. The van der Waals surface area contributed by atoms with Crippen molar-refractivity contribution in [1.29, 1.82) is 0 Å². The van der Waals surface area contributed by atoms with E-state index in [4.69, 9.17) is 0 Å². The normalized spacial score (nSPS) is 11.2. The number of sulfonamides is 1. The van der Waals surface area contributed by atoms with Crippen LogP contribution in [-0.2, 0) is 23.1 Å². The van der Waals surface area contributed by atoms with Gasteiger partial charge >= 0.3 is 0 Å². The van der Waals surface area contributed by atoms with Gasteiger partial charge in [-0.05, 0) is 66.1 Å². The molecule has 0 atom stereocenters. The van der Waals surface area contributed by atoms with E-state index in [9.17, 15) is 17.6 Å².